The fourth-order valence-corrected chi connectivity index (χ4v) is 3.21. The van der Waals surface area contributed by atoms with Gasteiger partial charge in [0, 0.05) is 22.3 Å². The highest BCUT2D eigenvalue weighted by Gasteiger charge is 2.10. The predicted octanol–water partition coefficient (Wildman–Crippen LogP) is 4.25. The summed E-state index contributed by atoms with van der Waals surface area (Å²) < 4.78 is 5.60. The van der Waals surface area contributed by atoms with Crippen LogP contribution in [0.2, 0.25) is 0 Å². The highest BCUT2D eigenvalue weighted by atomic mass is 79.9. The van der Waals surface area contributed by atoms with E-state index >= 15 is 0 Å². The molecular formula is C17H18BrNO3S. The molecule has 0 aliphatic heterocycles. The molecule has 0 saturated heterocycles. The van der Waals surface area contributed by atoms with Gasteiger partial charge in [0.15, 0.2) is 0 Å². The third-order valence-electron chi connectivity index (χ3n) is 3.28. The lowest BCUT2D eigenvalue weighted by Crippen LogP contribution is -2.23. The first kappa shape index (κ1) is 17.7. The second kappa shape index (κ2) is 8.84. The fraction of sp³-hybridized carbons (Fsp3) is 0.294. The Hall–Kier alpha value is -1.66. The normalized spacial score (nSPS) is 10.3. The van der Waals surface area contributed by atoms with Crippen molar-refractivity contribution < 1.29 is 14.3 Å². The van der Waals surface area contributed by atoms with Crippen LogP contribution in [-0.4, -0.2) is 25.5 Å². The Morgan fingerprint density at radius 2 is 1.87 bits per heavy atom. The lowest BCUT2D eigenvalue weighted by atomic mass is 10.2. The number of rotatable bonds is 7. The molecule has 4 nitrogen and oxygen atoms in total. The van der Waals surface area contributed by atoms with Crippen molar-refractivity contribution in [2.24, 2.45) is 0 Å². The minimum atomic E-state index is -0.214. The number of thiophene rings is 1. The molecule has 0 saturated carbocycles. The first-order chi connectivity index (χ1) is 11.1. The minimum absolute atomic E-state index is 0.0728. The van der Waals surface area contributed by atoms with Gasteiger partial charge in [-0.15, -0.1) is 11.3 Å². The lowest BCUT2D eigenvalue weighted by Gasteiger charge is -2.03. The Bertz CT molecular complexity index is 667. The topological polar surface area (TPSA) is 55.4 Å². The number of benzene rings is 1. The van der Waals surface area contributed by atoms with E-state index in [1.165, 1.54) is 18.4 Å². The minimum Gasteiger partial charge on any atom is -0.469 e. The summed E-state index contributed by atoms with van der Waals surface area (Å²) in [5, 5.41) is 2.88. The smallest absolute Gasteiger partial charge is 0.305 e. The molecule has 0 atom stereocenters. The van der Waals surface area contributed by atoms with Crippen molar-refractivity contribution in [1.29, 1.82) is 0 Å². The van der Waals surface area contributed by atoms with Crippen LogP contribution in [0.25, 0.3) is 10.4 Å². The molecule has 1 aromatic heterocycles. The molecule has 0 fully saturated rings. The number of hydrogen-bond acceptors (Lipinski definition) is 4. The van der Waals surface area contributed by atoms with Crippen molar-refractivity contribution in [3.63, 3.8) is 0 Å². The number of esters is 1. The average molecular weight is 396 g/mol. The number of ether oxygens (including phenoxy) is 1. The first-order valence-corrected chi connectivity index (χ1v) is 8.92. The molecule has 1 aromatic carbocycles. The summed E-state index contributed by atoms with van der Waals surface area (Å²) in [5.41, 5.74) is 1.09. The molecular weight excluding hydrogens is 378 g/mol. The number of carbonyl (C=O) groups excluding carboxylic acids is 2. The van der Waals surface area contributed by atoms with Crippen LogP contribution >= 0.6 is 27.3 Å². The number of hydrogen-bond donors (Lipinski definition) is 1. The van der Waals surface area contributed by atoms with E-state index in [1.807, 2.05) is 36.4 Å². The quantitative estimate of drug-likeness (QED) is 0.562. The highest BCUT2D eigenvalue weighted by molar-refractivity contribution is 9.10. The maximum absolute atomic E-state index is 12.1. The number of methoxy groups -OCH3 is 1. The van der Waals surface area contributed by atoms with Crippen LogP contribution in [0.3, 0.4) is 0 Å². The van der Waals surface area contributed by atoms with Gasteiger partial charge in [-0.3, -0.25) is 9.59 Å². The maximum atomic E-state index is 12.1. The van der Waals surface area contributed by atoms with Gasteiger partial charge in [0.05, 0.1) is 12.0 Å². The monoisotopic (exact) mass is 395 g/mol. The second-order valence-electron chi connectivity index (χ2n) is 4.96. The van der Waals surface area contributed by atoms with Gasteiger partial charge in [-0.1, -0.05) is 28.1 Å². The van der Waals surface area contributed by atoms with Gasteiger partial charge in [-0.2, -0.15) is 0 Å². The van der Waals surface area contributed by atoms with Gasteiger partial charge in [-0.05, 0) is 42.7 Å². The van der Waals surface area contributed by atoms with E-state index in [-0.39, 0.29) is 11.9 Å². The Balaban J connectivity index is 1.82. The van der Waals surface area contributed by atoms with Gasteiger partial charge in [-0.25, -0.2) is 0 Å². The molecule has 122 valence electrons. The van der Waals surface area contributed by atoms with Gasteiger partial charge in [0.1, 0.15) is 0 Å². The van der Waals surface area contributed by atoms with E-state index in [9.17, 15) is 9.59 Å². The molecule has 0 unspecified atom stereocenters. The maximum Gasteiger partial charge on any atom is 0.305 e. The van der Waals surface area contributed by atoms with Crippen molar-refractivity contribution in [2.75, 3.05) is 13.7 Å². The largest absolute Gasteiger partial charge is 0.469 e. The summed E-state index contributed by atoms with van der Waals surface area (Å²) in [7, 11) is 1.38. The molecule has 0 aliphatic rings. The van der Waals surface area contributed by atoms with Gasteiger partial charge in [0.25, 0.3) is 5.91 Å². The van der Waals surface area contributed by atoms with Crippen molar-refractivity contribution in [2.45, 2.75) is 19.3 Å². The van der Waals surface area contributed by atoms with E-state index in [4.69, 9.17) is 0 Å². The molecule has 2 rings (SSSR count). The molecule has 1 N–H and O–H groups in total. The molecule has 0 spiro atoms. The Kier molecular flexibility index (Phi) is 6.80. The van der Waals surface area contributed by atoms with E-state index in [0.29, 0.717) is 24.3 Å². The Morgan fingerprint density at radius 3 is 2.57 bits per heavy atom. The zero-order valence-electron chi connectivity index (χ0n) is 12.8. The van der Waals surface area contributed by atoms with Crippen molar-refractivity contribution in [3.05, 3.63) is 45.7 Å². The summed E-state index contributed by atoms with van der Waals surface area (Å²) in [6.45, 7) is 0.557. The van der Waals surface area contributed by atoms with Crippen LogP contribution in [0.1, 0.15) is 28.9 Å². The van der Waals surface area contributed by atoms with E-state index in [1.54, 1.807) is 0 Å². The molecule has 1 heterocycles. The van der Waals surface area contributed by atoms with Gasteiger partial charge in [0.2, 0.25) is 0 Å². The zero-order valence-corrected chi connectivity index (χ0v) is 15.2. The Labute approximate surface area is 148 Å². The lowest BCUT2D eigenvalue weighted by molar-refractivity contribution is -0.140. The standard InChI is InChI=1S/C17H18BrNO3S/c1-22-16(20)4-2-3-11-19-17(21)15-10-9-14(23-15)12-5-7-13(18)8-6-12/h5-10H,2-4,11H2,1H3,(H,19,21). The van der Waals surface area contributed by atoms with Crippen molar-refractivity contribution >= 4 is 39.1 Å². The number of halogens is 1. The van der Waals surface area contributed by atoms with E-state index in [0.717, 1.165) is 21.3 Å². The predicted molar refractivity (Wildman–Crippen MR) is 95.7 cm³/mol. The number of amides is 1. The summed E-state index contributed by atoms with van der Waals surface area (Å²) in [6, 6.07) is 11.8. The SMILES string of the molecule is COC(=O)CCCCNC(=O)c1ccc(-c2ccc(Br)cc2)s1. The molecule has 0 aliphatic carbocycles. The molecule has 23 heavy (non-hydrogen) atoms. The third-order valence-corrected chi connectivity index (χ3v) is 4.94. The molecule has 6 heteroatoms. The first-order valence-electron chi connectivity index (χ1n) is 7.31. The summed E-state index contributed by atoms with van der Waals surface area (Å²) in [5.74, 6) is -0.287. The summed E-state index contributed by atoms with van der Waals surface area (Å²) in [4.78, 5) is 24.8. The van der Waals surface area contributed by atoms with Crippen LogP contribution in [0.5, 0.6) is 0 Å². The number of nitrogens with one attached hydrogen (secondary N) is 1. The van der Waals surface area contributed by atoms with E-state index in [2.05, 4.69) is 26.0 Å². The van der Waals surface area contributed by atoms with E-state index < -0.39 is 0 Å². The van der Waals surface area contributed by atoms with Crippen LogP contribution in [-0.2, 0) is 9.53 Å². The fourth-order valence-electron chi connectivity index (χ4n) is 2.01. The van der Waals surface area contributed by atoms with Crippen LogP contribution in [0.15, 0.2) is 40.9 Å². The Morgan fingerprint density at radius 1 is 1.13 bits per heavy atom. The van der Waals surface area contributed by atoms with Crippen LogP contribution < -0.4 is 5.32 Å². The molecule has 1 amide bonds. The molecule has 0 radical (unpaired) electrons. The van der Waals surface area contributed by atoms with Gasteiger partial charge < -0.3 is 10.1 Å². The van der Waals surface area contributed by atoms with Crippen molar-refractivity contribution in [3.8, 4) is 10.4 Å². The van der Waals surface area contributed by atoms with Gasteiger partial charge >= 0.3 is 5.97 Å². The van der Waals surface area contributed by atoms with Crippen molar-refractivity contribution in [1.82, 2.24) is 5.32 Å². The highest BCUT2D eigenvalue weighted by Crippen LogP contribution is 2.29. The number of unbranched alkanes of at least 4 members (excludes halogenated alkanes) is 1. The van der Waals surface area contributed by atoms with Crippen LogP contribution in [0.4, 0.5) is 0 Å². The summed E-state index contributed by atoms with van der Waals surface area (Å²) >= 11 is 4.88. The molecule has 2 aromatic rings. The summed E-state index contributed by atoms with van der Waals surface area (Å²) in [6.07, 6.45) is 1.85. The molecule has 0 bridgehead atoms. The second-order valence-corrected chi connectivity index (χ2v) is 6.96. The van der Waals surface area contributed by atoms with Crippen LogP contribution in [0, 0.1) is 0 Å². The zero-order chi connectivity index (χ0) is 16.7. The average Bonchev–Trinajstić information content (AvgIpc) is 3.04. The third kappa shape index (κ3) is 5.48. The number of carbonyl (C=O) groups is 2.